The van der Waals surface area contributed by atoms with Crippen molar-refractivity contribution >= 4 is 5.97 Å². The SMILES string of the molecule is C=C(C)C(=O)OC1CC(C)(C)N(OCCC)C(C)(C)C1. The Morgan fingerprint density at radius 1 is 1.25 bits per heavy atom. The first-order valence-electron chi connectivity index (χ1n) is 7.40. The Bertz CT molecular complexity index is 356. The molecule has 0 bridgehead atoms. The van der Waals surface area contributed by atoms with E-state index < -0.39 is 0 Å². The van der Waals surface area contributed by atoms with Crippen molar-refractivity contribution in [3.63, 3.8) is 0 Å². The predicted octanol–water partition coefficient (Wildman–Crippen LogP) is 3.47. The summed E-state index contributed by atoms with van der Waals surface area (Å²) in [6.45, 7) is 16.6. The van der Waals surface area contributed by atoms with Gasteiger partial charge in [0.1, 0.15) is 6.10 Å². The van der Waals surface area contributed by atoms with Crippen LogP contribution in [0.25, 0.3) is 0 Å². The Labute approximate surface area is 123 Å². The van der Waals surface area contributed by atoms with Crippen molar-refractivity contribution < 1.29 is 14.4 Å². The number of hydrogen-bond acceptors (Lipinski definition) is 4. The molecule has 1 heterocycles. The molecule has 0 aliphatic carbocycles. The smallest absolute Gasteiger partial charge is 0.333 e. The lowest BCUT2D eigenvalue weighted by Gasteiger charge is -2.53. The number of ether oxygens (including phenoxy) is 1. The van der Waals surface area contributed by atoms with Gasteiger partial charge >= 0.3 is 5.97 Å². The molecule has 1 aliphatic rings. The summed E-state index contributed by atoms with van der Waals surface area (Å²) in [4.78, 5) is 17.7. The third-order valence-corrected chi connectivity index (χ3v) is 3.60. The number of carbonyl (C=O) groups excluding carboxylic acids is 1. The van der Waals surface area contributed by atoms with Crippen LogP contribution in [0.5, 0.6) is 0 Å². The van der Waals surface area contributed by atoms with Gasteiger partial charge in [-0.1, -0.05) is 13.5 Å². The lowest BCUT2D eigenvalue weighted by molar-refractivity contribution is -0.292. The van der Waals surface area contributed by atoms with E-state index in [4.69, 9.17) is 9.57 Å². The highest BCUT2D eigenvalue weighted by molar-refractivity contribution is 5.87. The lowest BCUT2D eigenvalue weighted by atomic mass is 9.80. The Kier molecular flexibility index (Phi) is 5.39. The van der Waals surface area contributed by atoms with Crippen molar-refractivity contribution in [2.75, 3.05) is 6.61 Å². The summed E-state index contributed by atoms with van der Waals surface area (Å²) in [5.41, 5.74) is 0.110. The summed E-state index contributed by atoms with van der Waals surface area (Å²) >= 11 is 0. The average Bonchev–Trinajstić information content (AvgIpc) is 2.25. The first-order valence-corrected chi connectivity index (χ1v) is 7.40. The van der Waals surface area contributed by atoms with Crippen LogP contribution in [0.2, 0.25) is 0 Å². The molecule has 20 heavy (non-hydrogen) atoms. The van der Waals surface area contributed by atoms with E-state index in [1.165, 1.54) is 0 Å². The van der Waals surface area contributed by atoms with E-state index >= 15 is 0 Å². The maximum atomic E-state index is 11.7. The van der Waals surface area contributed by atoms with E-state index in [9.17, 15) is 4.79 Å². The van der Waals surface area contributed by atoms with Gasteiger partial charge in [-0.25, -0.2) is 4.79 Å². The van der Waals surface area contributed by atoms with Gasteiger partial charge in [-0.3, -0.25) is 4.84 Å². The molecular formula is C16H29NO3. The number of hydrogen-bond donors (Lipinski definition) is 0. The minimum atomic E-state index is -0.301. The van der Waals surface area contributed by atoms with Gasteiger partial charge in [-0.2, -0.15) is 5.06 Å². The van der Waals surface area contributed by atoms with Gasteiger partial charge in [-0.15, -0.1) is 0 Å². The minimum Gasteiger partial charge on any atom is -0.459 e. The molecule has 4 heteroatoms. The summed E-state index contributed by atoms with van der Waals surface area (Å²) in [6.07, 6.45) is 2.42. The molecule has 0 N–H and O–H groups in total. The molecule has 0 spiro atoms. The summed E-state index contributed by atoms with van der Waals surface area (Å²) in [7, 11) is 0. The van der Waals surface area contributed by atoms with Crippen LogP contribution in [0.1, 0.15) is 60.8 Å². The van der Waals surface area contributed by atoms with Crippen LogP contribution in [0.3, 0.4) is 0 Å². The highest BCUT2D eigenvalue weighted by Gasteiger charge is 2.47. The van der Waals surface area contributed by atoms with Gasteiger partial charge in [0.25, 0.3) is 0 Å². The molecule has 1 rings (SSSR count). The van der Waals surface area contributed by atoms with Crippen LogP contribution in [0.4, 0.5) is 0 Å². The van der Waals surface area contributed by atoms with Gasteiger partial charge in [0.2, 0.25) is 0 Å². The molecule has 0 atom stereocenters. The molecule has 0 aromatic heterocycles. The molecule has 0 amide bonds. The second kappa shape index (κ2) is 6.27. The fraction of sp³-hybridized carbons (Fsp3) is 0.812. The molecule has 0 unspecified atom stereocenters. The predicted molar refractivity (Wildman–Crippen MR) is 80.2 cm³/mol. The van der Waals surface area contributed by atoms with Crippen LogP contribution in [0, 0.1) is 0 Å². The van der Waals surface area contributed by atoms with E-state index in [0.717, 1.165) is 19.3 Å². The van der Waals surface area contributed by atoms with Crippen molar-refractivity contribution in [3.8, 4) is 0 Å². The Morgan fingerprint density at radius 2 is 1.75 bits per heavy atom. The van der Waals surface area contributed by atoms with Crippen LogP contribution < -0.4 is 0 Å². The van der Waals surface area contributed by atoms with E-state index in [1.807, 2.05) is 0 Å². The van der Waals surface area contributed by atoms with Gasteiger partial charge in [0.15, 0.2) is 0 Å². The summed E-state index contributed by atoms with van der Waals surface area (Å²) in [5, 5.41) is 2.08. The first kappa shape index (κ1) is 17.2. The monoisotopic (exact) mass is 283 g/mol. The third-order valence-electron chi connectivity index (χ3n) is 3.60. The number of rotatable bonds is 5. The molecule has 1 aliphatic heterocycles. The van der Waals surface area contributed by atoms with E-state index in [-0.39, 0.29) is 23.2 Å². The Balaban J connectivity index is 2.81. The standard InChI is InChI=1S/C16H29NO3/c1-8-9-19-17-15(4,5)10-13(11-16(17,6)7)20-14(18)12(2)3/h13H,2,8-11H2,1,3-7H3. The Morgan fingerprint density at radius 3 is 2.15 bits per heavy atom. The second-order valence-corrected chi connectivity index (χ2v) is 6.97. The molecule has 1 fully saturated rings. The third kappa shape index (κ3) is 4.06. The maximum Gasteiger partial charge on any atom is 0.333 e. The normalized spacial score (nSPS) is 22.5. The van der Waals surface area contributed by atoms with Crippen molar-refractivity contribution in [2.45, 2.75) is 78.0 Å². The van der Waals surface area contributed by atoms with Crippen LogP contribution in [-0.4, -0.2) is 34.8 Å². The number of carbonyl (C=O) groups is 1. The highest BCUT2D eigenvalue weighted by Crippen LogP contribution is 2.39. The van der Waals surface area contributed by atoms with E-state index in [0.29, 0.717) is 12.2 Å². The quantitative estimate of drug-likeness (QED) is 0.572. The fourth-order valence-corrected chi connectivity index (χ4v) is 3.04. The number of hydroxylamine groups is 2. The molecule has 116 valence electrons. The zero-order chi connectivity index (χ0) is 15.6. The largest absolute Gasteiger partial charge is 0.459 e. The van der Waals surface area contributed by atoms with Gasteiger partial charge < -0.3 is 4.74 Å². The molecular weight excluding hydrogens is 254 g/mol. The zero-order valence-electron chi connectivity index (χ0n) is 13.8. The number of nitrogens with zero attached hydrogens (tertiary/aromatic N) is 1. The van der Waals surface area contributed by atoms with Gasteiger partial charge in [0, 0.05) is 29.5 Å². The molecule has 0 radical (unpaired) electrons. The highest BCUT2D eigenvalue weighted by atomic mass is 16.7. The average molecular weight is 283 g/mol. The molecule has 4 nitrogen and oxygen atoms in total. The van der Waals surface area contributed by atoms with Crippen LogP contribution in [0.15, 0.2) is 12.2 Å². The van der Waals surface area contributed by atoms with Gasteiger partial charge in [-0.05, 0) is 41.0 Å². The number of esters is 1. The molecule has 0 aromatic carbocycles. The molecule has 0 aromatic rings. The fourth-order valence-electron chi connectivity index (χ4n) is 3.04. The van der Waals surface area contributed by atoms with E-state index in [1.54, 1.807) is 6.92 Å². The summed E-state index contributed by atoms with van der Waals surface area (Å²) in [6, 6.07) is 0. The van der Waals surface area contributed by atoms with Crippen molar-refractivity contribution in [2.24, 2.45) is 0 Å². The summed E-state index contributed by atoms with van der Waals surface area (Å²) in [5.74, 6) is -0.301. The van der Waals surface area contributed by atoms with Crippen molar-refractivity contribution in [3.05, 3.63) is 12.2 Å². The lowest BCUT2D eigenvalue weighted by Crippen LogP contribution is -2.62. The second-order valence-electron chi connectivity index (χ2n) is 6.97. The van der Waals surface area contributed by atoms with Gasteiger partial charge in [0.05, 0.1) is 6.61 Å². The van der Waals surface area contributed by atoms with Crippen molar-refractivity contribution in [1.82, 2.24) is 5.06 Å². The molecule has 1 saturated heterocycles. The van der Waals surface area contributed by atoms with E-state index in [2.05, 4.69) is 46.3 Å². The topological polar surface area (TPSA) is 38.8 Å². The minimum absolute atomic E-state index is 0.0920. The number of piperidine rings is 1. The molecule has 0 saturated carbocycles. The Hall–Kier alpha value is -0.870. The van der Waals surface area contributed by atoms with Crippen LogP contribution in [-0.2, 0) is 14.4 Å². The van der Waals surface area contributed by atoms with Crippen LogP contribution >= 0.6 is 0 Å². The zero-order valence-corrected chi connectivity index (χ0v) is 13.8. The van der Waals surface area contributed by atoms with Crippen molar-refractivity contribution in [1.29, 1.82) is 0 Å². The maximum absolute atomic E-state index is 11.7. The first-order chi connectivity index (χ1) is 9.10. The summed E-state index contributed by atoms with van der Waals surface area (Å²) < 4.78 is 5.56.